The maximum Gasteiger partial charge on any atom is 0.184 e. The van der Waals surface area contributed by atoms with Crippen molar-refractivity contribution in [1.29, 1.82) is 0 Å². The van der Waals surface area contributed by atoms with Crippen LogP contribution in [0.2, 0.25) is 0 Å². The first-order valence-corrected chi connectivity index (χ1v) is 3.51. The Kier molecular flexibility index (Phi) is 1.62. The summed E-state index contributed by atoms with van der Waals surface area (Å²) in [5.74, 6) is 0. The summed E-state index contributed by atoms with van der Waals surface area (Å²) < 4.78 is 9.82. The summed E-state index contributed by atoms with van der Waals surface area (Å²) in [6, 6.07) is 0. The lowest BCUT2D eigenvalue weighted by Crippen LogP contribution is -2.52. The zero-order valence-corrected chi connectivity index (χ0v) is 5.75. The van der Waals surface area contributed by atoms with E-state index in [0.717, 1.165) is 0 Å². The highest BCUT2D eigenvalue weighted by atomic mass is 16.7. The molecule has 2 heterocycles. The maximum absolute atomic E-state index is 9.28. The van der Waals surface area contributed by atoms with Crippen LogP contribution in [0.5, 0.6) is 0 Å². The largest absolute Gasteiger partial charge is 0.387 e. The van der Waals surface area contributed by atoms with Crippen molar-refractivity contribution in [2.45, 2.75) is 30.7 Å². The van der Waals surface area contributed by atoms with E-state index >= 15 is 0 Å². The SMILES string of the molecule is OC1O[C@@H]2CO[C@H]([C@H]2O)[C@H]1O. The maximum atomic E-state index is 9.28. The predicted molar refractivity (Wildman–Crippen MR) is 32.6 cm³/mol. The molecule has 0 aliphatic carbocycles. The molecule has 2 saturated heterocycles. The predicted octanol–water partition coefficient (Wildman–Crippen LogP) is -2.18. The molecule has 0 aromatic carbocycles. The Labute approximate surface area is 63.2 Å². The fourth-order valence-corrected chi connectivity index (χ4v) is 1.46. The number of aliphatic hydroxyl groups excluding tert-OH is 3. The first-order chi connectivity index (χ1) is 5.20. The smallest absolute Gasteiger partial charge is 0.184 e. The van der Waals surface area contributed by atoms with Crippen LogP contribution in [-0.4, -0.2) is 52.6 Å². The Morgan fingerprint density at radius 2 is 1.82 bits per heavy atom. The van der Waals surface area contributed by atoms with Crippen molar-refractivity contribution >= 4 is 0 Å². The first-order valence-electron chi connectivity index (χ1n) is 3.51. The molecule has 2 fully saturated rings. The van der Waals surface area contributed by atoms with E-state index in [4.69, 9.17) is 14.6 Å². The monoisotopic (exact) mass is 162 g/mol. The molecule has 5 nitrogen and oxygen atoms in total. The van der Waals surface area contributed by atoms with Gasteiger partial charge in [0, 0.05) is 0 Å². The minimum atomic E-state index is -1.23. The van der Waals surface area contributed by atoms with Crippen LogP contribution in [0.4, 0.5) is 0 Å². The Morgan fingerprint density at radius 3 is 2.55 bits per heavy atom. The number of rotatable bonds is 0. The van der Waals surface area contributed by atoms with Crippen LogP contribution in [0.1, 0.15) is 0 Å². The molecule has 64 valence electrons. The first kappa shape index (κ1) is 7.45. The van der Waals surface area contributed by atoms with Gasteiger partial charge in [0.05, 0.1) is 6.61 Å². The van der Waals surface area contributed by atoms with Crippen molar-refractivity contribution in [3.05, 3.63) is 0 Å². The molecule has 1 unspecified atom stereocenters. The van der Waals surface area contributed by atoms with E-state index in [2.05, 4.69) is 0 Å². The molecule has 0 aromatic heterocycles. The van der Waals surface area contributed by atoms with Crippen molar-refractivity contribution < 1.29 is 24.8 Å². The lowest BCUT2D eigenvalue weighted by Gasteiger charge is -2.31. The van der Waals surface area contributed by atoms with Gasteiger partial charge in [-0.2, -0.15) is 0 Å². The van der Waals surface area contributed by atoms with E-state index in [1.807, 2.05) is 0 Å². The van der Waals surface area contributed by atoms with Gasteiger partial charge in [-0.3, -0.25) is 0 Å². The van der Waals surface area contributed by atoms with Crippen LogP contribution in [-0.2, 0) is 9.47 Å². The fourth-order valence-electron chi connectivity index (χ4n) is 1.46. The molecule has 5 atom stereocenters. The van der Waals surface area contributed by atoms with Crippen molar-refractivity contribution in [1.82, 2.24) is 0 Å². The fraction of sp³-hybridized carbons (Fsp3) is 1.00. The van der Waals surface area contributed by atoms with Crippen LogP contribution in [0.15, 0.2) is 0 Å². The third kappa shape index (κ3) is 0.969. The zero-order valence-electron chi connectivity index (χ0n) is 5.75. The summed E-state index contributed by atoms with van der Waals surface area (Å²) in [4.78, 5) is 0. The van der Waals surface area contributed by atoms with Crippen LogP contribution in [0.25, 0.3) is 0 Å². The lowest BCUT2D eigenvalue weighted by molar-refractivity contribution is -0.242. The topological polar surface area (TPSA) is 79.2 Å². The average Bonchev–Trinajstić information content (AvgIpc) is 2.23. The minimum absolute atomic E-state index is 0.236. The number of fused-ring (bicyclic) bond motifs is 2. The molecular weight excluding hydrogens is 152 g/mol. The molecular formula is C6H10O5. The Balaban J connectivity index is 2.16. The summed E-state index contributed by atoms with van der Waals surface area (Å²) in [7, 11) is 0. The summed E-state index contributed by atoms with van der Waals surface area (Å²) in [5, 5.41) is 27.5. The second-order valence-corrected chi connectivity index (χ2v) is 2.84. The van der Waals surface area contributed by atoms with Crippen molar-refractivity contribution in [2.24, 2.45) is 0 Å². The molecule has 2 bridgehead atoms. The standard InChI is InChI=1S/C6H10O5/c7-3-2-1-10-5(3)4(8)6(9)11-2/h2-9H,1H2/t2-,3+,4-,5-,6?/m1/s1. The average molecular weight is 162 g/mol. The van der Waals surface area contributed by atoms with E-state index in [0.29, 0.717) is 0 Å². The number of aliphatic hydroxyl groups is 3. The van der Waals surface area contributed by atoms with E-state index in [1.165, 1.54) is 0 Å². The van der Waals surface area contributed by atoms with Gasteiger partial charge in [0.2, 0.25) is 0 Å². The molecule has 0 aromatic rings. The highest BCUT2D eigenvalue weighted by molar-refractivity contribution is 4.94. The number of ether oxygens (including phenoxy) is 2. The van der Waals surface area contributed by atoms with Gasteiger partial charge in [-0.05, 0) is 0 Å². The van der Waals surface area contributed by atoms with E-state index in [9.17, 15) is 10.2 Å². The van der Waals surface area contributed by atoms with Crippen molar-refractivity contribution in [3.8, 4) is 0 Å². The molecule has 2 rings (SSSR count). The van der Waals surface area contributed by atoms with E-state index < -0.39 is 30.7 Å². The molecule has 3 N–H and O–H groups in total. The molecule has 0 radical (unpaired) electrons. The van der Waals surface area contributed by atoms with Crippen LogP contribution >= 0.6 is 0 Å². The highest BCUT2D eigenvalue weighted by Crippen LogP contribution is 2.28. The normalized spacial score (nSPS) is 56.5. The lowest BCUT2D eigenvalue weighted by atomic mass is 10.0. The van der Waals surface area contributed by atoms with Gasteiger partial charge in [-0.25, -0.2) is 0 Å². The van der Waals surface area contributed by atoms with Gasteiger partial charge in [0.25, 0.3) is 0 Å². The van der Waals surface area contributed by atoms with Crippen LogP contribution in [0, 0.1) is 0 Å². The van der Waals surface area contributed by atoms with Gasteiger partial charge in [-0.15, -0.1) is 0 Å². The molecule has 2 aliphatic heterocycles. The van der Waals surface area contributed by atoms with E-state index in [-0.39, 0.29) is 6.61 Å². The van der Waals surface area contributed by atoms with E-state index in [1.54, 1.807) is 0 Å². The van der Waals surface area contributed by atoms with Crippen molar-refractivity contribution in [3.63, 3.8) is 0 Å². The van der Waals surface area contributed by atoms with Gasteiger partial charge < -0.3 is 24.8 Å². The van der Waals surface area contributed by atoms with Crippen molar-refractivity contribution in [2.75, 3.05) is 6.61 Å². The second-order valence-electron chi connectivity index (χ2n) is 2.84. The number of hydrogen-bond donors (Lipinski definition) is 3. The summed E-state index contributed by atoms with van der Waals surface area (Å²) in [6.45, 7) is 0.236. The summed E-state index contributed by atoms with van der Waals surface area (Å²) >= 11 is 0. The molecule has 0 amide bonds. The molecule has 5 heteroatoms. The quantitative estimate of drug-likeness (QED) is 0.377. The van der Waals surface area contributed by atoms with Gasteiger partial charge in [0.15, 0.2) is 6.29 Å². The molecule has 2 aliphatic rings. The summed E-state index contributed by atoms with van der Waals surface area (Å²) in [6.07, 6.45) is -4.35. The Bertz CT molecular complexity index is 161. The Morgan fingerprint density at radius 1 is 1.09 bits per heavy atom. The van der Waals surface area contributed by atoms with Gasteiger partial charge in [-0.1, -0.05) is 0 Å². The van der Waals surface area contributed by atoms with Gasteiger partial charge >= 0.3 is 0 Å². The van der Waals surface area contributed by atoms with Gasteiger partial charge in [0.1, 0.15) is 24.4 Å². The highest BCUT2D eigenvalue weighted by Gasteiger charge is 2.49. The third-order valence-electron chi connectivity index (χ3n) is 2.11. The summed E-state index contributed by atoms with van der Waals surface area (Å²) in [5.41, 5.74) is 0. The molecule has 0 saturated carbocycles. The zero-order chi connectivity index (χ0) is 8.01. The molecule has 11 heavy (non-hydrogen) atoms. The third-order valence-corrected chi connectivity index (χ3v) is 2.11. The number of hydrogen-bond acceptors (Lipinski definition) is 5. The molecule has 0 spiro atoms. The second kappa shape index (κ2) is 2.40. The Hall–Kier alpha value is -0.200. The van der Waals surface area contributed by atoms with Crippen LogP contribution in [0.3, 0.4) is 0 Å². The van der Waals surface area contributed by atoms with Crippen LogP contribution < -0.4 is 0 Å². The minimum Gasteiger partial charge on any atom is -0.387 e.